The molecule has 0 unspecified atom stereocenters. The van der Waals surface area contributed by atoms with Crippen LogP contribution in [0, 0.1) is 5.41 Å². The van der Waals surface area contributed by atoms with Gasteiger partial charge in [0.25, 0.3) is 0 Å². The fraction of sp³-hybridized carbons (Fsp3) is 0.500. The first kappa shape index (κ1) is 13.7. The molecule has 0 fully saturated rings. The molecule has 0 aliphatic carbocycles. The van der Waals surface area contributed by atoms with Gasteiger partial charge in [-0.2, -0.15) is 0 Å². The van der Waals surface area contributed by atoms with E-state index in [0.717, 1.165) is 18.5 Å². The first-order valence-corrected chi connectivity index (χ1v) is 5.98. The van der Waals surface area contributed by atoms with Gasteiger partial charge in [-0.3, -0.25) is 0 Å². The minimum Gasteiger partial charge on any atom is -0.478 e. The molecule has 0 radical (unpaired) electrons. The SMILES string of the molecule is CCC(C)(C)CNCc1ccccc1C(=O)O. The largest absolute Gasteiger partial charge is 0.478 e. The van der Waals surface area contributed by atoms with Crippen molar-refractivity contribution in [3.05, 3.63) is 35.4 Å². The van der Waals surface area contributed by atoms with Gasteiger partial charge in [-0.25, -0.2) is 4.79 Å². The van der Waals surface area contributed by atoms with Crippen molar-refractivity contribution in [1.82, 2.24) is 5.32 Å². The zero-order valence-electron chi connectivity index (χ0n) is 10.8. The second-order valence-electron chi connectivity index (χ2n) is 5.08. The van der Waals surface area contributed by atoms with Gasteiger partial charge in [-0.05, 0) is 23.5 Å². The monoisotopic (exact) mass is 235 g/mol. The number of benzene rings is 1. The number of aromatic carboxylic acids is 1. The Bertz CT molecular complexity index is 386. The smallest absolute Gasteiger partial charge is 0.336 e. The van der Waals surface area contributed by atoms with Crippen LogP contribution in [0.3, 0.4) is 0 Å². The number of hydrogen-bond acceptors (Lipinski definition) is 2. The topological polar surface area (TPSA) is 49.3 Å². The average Bonchev–Trinajstić information content (AvgIpc) is 2.29. The molecule has 0 amide bonds. The summed E-state index contributed by atoms with van der Waals surface area (Å²) < 4.78 is 0. The molecule has 3 heteroatoms. The van der Waals surface area contributed by atoms with Crippen LogP contribution in [0.5, 0.6) is 0 Å². The Morgan fingerprint density at radius 2 is 2.00 bits per heavy atom. The van der Waals surface area contributed by atoms with Gasteiger partial charge in [0.15, 0.2) is 0 Å². The maximum absolute atomic E-state index is 11.0. The summed E-state index contributed by atoms with van der Waals surface area (Å²) >= 11 is 0. The second kappa shape index (κ2) is 5.82. The fourth-order valence-electron chi connectivity index (χ4n) is 1.54. The summed E-state index contributed by atoms with van der Waals surface area (Å²) in [7, 11) is 0. The molecule has 1 rings (SSSR count). The van der Waals surface area contributed by atoms with Crippen LogP contribution in [0.4, 0.5) is 0 Å². The summed E-state index contributed by atoms with van der Waals surface area (Å²) in [6.07, 6.45) is 1.10. The molecule has 0 atom stereocenters. The summed E-state index contributed by atoms with van der Waals surface area (Å²) in [5.41, 5.74) is 1.47. The first-order chi connectivity index (χ1) is 7.96. The Kier molecular flexibility index (Phi) is 4.70. The second-order valence-corrected chi connectivity index (χ2v) is 5.08. The van der Waals surface area contributed by atoms with Crippen molar-refractivity contribution >= 4 is 5.97 Å². The lowest BCUT2D eigenvalue weighted by molar-refractivity contribution is 0.0695. The summed E-state index contributed by atoms with van der Waals surface area (Å²) in [6.45, 7) is 8.04. The zero-order chi connectivity index (χ0) is 12.9. The van der Waals surface area contributed by atoms with Crippen LogP contribution in [0.25, 0.3) is 0 Å². The molecule has 0 saturated heterocycles. The molecule has 0 saturated carbocycles. The van der Waals surface area contributed by atoms with Gasteiger partial charge in [-0.1, -0.05) is 39.0 Å². The maximum atomic E-state index is 11.0. The number of carbonyl (C=O) groups is 1. The number of rotatable bonds is 6. The summed E-state index contributed by atoms with van der Waals surface area (Å²) in [4.78, 5) is 11.0. The highest BCUT2D eigenvalue weighted by Gasteiger charge is 2.15. The third-order valence-corrected chi connectivity index (χ3v) is 3.12. The van der Waals surface area contributed by atoms with E-state index in [0.29, 0.717) is 12.1 Å². The van der Waals surface area contributed by atoms with Crippen LogP contribution in [0.15, 0.2) is 24.3 Å². The highest BCUT2D eigenvalue weighted by Crippen LogP contribution is 2.18. The van der Waals surface area contributed by atoms with E-state index in [9.17, 15) is 4.79 Å². The Morgan fingerprint density at radius 1 is 1.35 bits per heavy atom. The summed E-state index contributed by atoms with van der Waals surface area (Å²) in [5.74, 6) is -0.864. The van der Waals surface area contributed by atoms with Crippen LogP contribution >= 0.6 is 0 Å². The van der Waals surface area contributed by atoms with Crippen molar-refractivity contribution in [2.75, 3.05) is 6.54 Å². The third kappa shape index (κ3) is 4.19. The maximum Gasteiger partial charge on any atom is 0.336 e. The molecule has 2 N–H and O–H groups in total. The van der Waals surface area contributed by atoms with Gasteiger partial charge in [0.1, 0.15) is 0 Å². The Balaban J connectivity index is 2.61. The minimum absolute atomic E-state index is 0.248. The molecule has 0 aromatic heterocycles. The van der Waals surface area contributed by atoms with Gasteiger partial charge in [0.2, 0.25) is 0 Å². The molecule has 1 aromatic rings. The molecule has 1 aromatic carbocycles. The van der Waals surface area contributed by atoms with Gasteiger partial charge >= 0.3 is 5.97 Å². The van der Waals surface area contributed by atoms with Crippen molar-refractivity contribution in [3.63, 3.8) is 0 Å². The van der Waals surface area contributed by atoms with Crippen LogP contribution in [-0.4, -0.2) is 17.6 Å². The lowest BCUT2D eigenvalue weighted by Gasteiger charge is -2.23. The zero-order valence-corrected chi connectivity index (χ0v) is 10.8. The van der Waals surface area contributed by atoms with E-state index in [4.69, 9.17) is 5.11 Å². The van der Waals surface area contributed by atoms with Gasteiger partial charge in [-0.15, -0.1) is 0 Å². The molecule has 3 nitrogen and oxygen atoms in total. The number of hydrogen-bond donors (Lipinski definition) is 2. The van der Waals surface area contributed by atoms with Crippen molar-refractivity contribution in [3.8, 4) is 0 Å². The van der Waals surface area contributed by atoms with E-state index in [-0.39, 0.29) is 5.41 Å². The fourth-order valence-corrected chi connectivity index (χ4v) is 1.54. The Labute approximate surface area is 103 Å². The average molecular weight is 235 g/mol. The third-order valence-electron chi connectivity index (χ3n) is 3.12. The van der Waals surface area contributed by atoms with Crippen molar-refractivity contribution in [1.29, 1.82) is 0 Å². The molecule has 94 valence electrons. The highest BCUT2D eigenvalue weighted by molar-refractivity contribution is 5.89. The molecule has 0 aliphatic rings. The van der Waals surface area contributed by atoms with Gasteiger partial charge < -0.3 is 10.4 Å². The van der Waals surface area contributed by atoms with Crippen LogP contribution in [-0.2, 0) is 6.54 Å². The normalized spacial score (nSPS) is 11.5. The van der Waals surface area contributed by atoms with Crippen molar-refractivity contribution in [2.24, 2.45) is 5.41 Å². The number of carboxylic acids is 1. The number of nitrogens with one attached hydrogen (secondary N) is 1. The number of carboxylic acid groups (broad SMARTS) is 1. The Hall–Kier alpha value is -1.35. The molecular formula is C14H21NO2. The molecule has 0 heterocycles. The molecule has 0 aliphatic heterocycles. The lowest BCUT2D eigenvalue weighted by atomic mass is 9.90. The van der Waals surface area contributed by atoms with Crippen molar-refractivity contribution in [2.45, 2.75) is 33.7 Å². The van der Waals surface area contributed by atoms with E-state index in [2.05, 4.69) is 26.1 Å². The molecule has 0 bridgehead atoms. The molecular weight excluding hydrogens is 214 g/mol. The van der Waals surface area contributed by atoms with Crippen LogP contribution < -0.4 is 5.32 Å². The van der Waals surface area contributed by atoms with E-state index in [1.807, 2.05) is 12.1 Å². The summed E-state index contributed by atoms with van der Waals surface area (Å²) in [6, 6.07) is 7.12. The molecule has 17 heavy (non-hydrogen) atoms. The van der Waals surface area contributed by atoms with E-state index >= 15 is 0 Å². The van der Waals surface area contributed by atoms with E-state index in [1.54, 1.807) is 12.1 Å². The minimum atomic E-state index is -0.864. The molecule has 0 spiro atoms. The summed E-state index contributed by atoms with van der Waals surface area (Å²) in [5, 5.41) is 12.4. The predicted molar refractivity (Wildman–Crippen MR) is 69.2 cm³/mol. The van der Waals surface area contributed by atoms with Crippen molar-refractivity contribution < 1.29 is 9.90 Å². The van der Waals surface area contributed by atoms with Crippen LogP contribution in [0.2, 0.25) is 0 Å². The first-order valence-electron chi connectivity index (χ1n) is 5.98. The van der Waals surface area contributed by atoms with E-state index < -0.39 is 5.97 Å². The standard InChI is InChI=1S/C14H21NO2/c1-4-14(2,3)10-15-9-11-7-5-6-8-12(11)13(16)17/h5-8,15H,4,9-10H2,1-3H3,(H,16,17). The quantitative estimate of drug-likeness (QED) is 0.797. The van der Waals surface area contributed by atoms with Gasteiger partial charge in [0, 0.05) is 13.1 Å². The van der Waals surface area contributed by atoms with E-state index in [1.165, 1.54) is 0 Å². The predicted octanol–water partition coefficient (Wildman–Crippen LogP) is 2.91. The Morgan fingerprint density at radius 3 is 2.59 bits per heavy atom. The van der Waals surface area contributed by atoms with Gasteiger partial charge in [0.05, 0.1) is 5.56 Å². The van der Waals surface area contributed by atoms with Crippen LogP contribution in [0.1, 0.15) is 43.1 Å². The highest BCUT2D eigenvalue weighted by atomic mass is 16.4. The lowest BCUT2D eigenvalue weighted by Crippen LogP contribution is -2.28.